The molecule has 0 aliphatic carbocycles. The van der Waals surface area contributed by atoms with Crippen molar-refractivity contribution in [3.8, 4) is 0 Å². The summed E-state index contributed by atoms with van der Waals surface area (Å²) in [5, 5.41) is 9.58. The summed E-state index contributed by atoms with van der Waals surface area (Å²) >= 11 is 0. The van der Waals surface area contributed by atoms with Gasteiger partial charge >= 0.3 is 0 Å². The molecule has 1 aromatic carbocycles. The number of halogens is 1. The molecule has 6 nitrogen and oxygen atoms in total. The summed E-state index contributed by atoms with van der Waals surface area (Å²) in [6.45, 7) is 14.1. The van der Waals surface area contributed by atoms with Gasteiger partial charge in [0.2, 0.25) is 0 Å². The van der Waals surface area contributed by atoms with E-state index in [1.54, 1.807) is 19.1 Å². The fourth-order valence-electron chi connectivity index (χ4n) is 3.28. The predicted octanol–water partition coefficient (Wildman–Crippen LogP) is 2.15. The van der Waals surface area contributed by atoms with Gasteiger partial charge < -0.3 is 16.0 Å². The van der Waals surface area contributed by atoms with Gasteiger partial charge in [0.15, 0.2) is 5.96 Å². The monoisotopic (exact) mass is 391 g/mol. The number of guanidine groups is 1. The first-order valence-corrected chi connectivity index (χ1v) is 10.1. The summed E-state index contributed by atoms with van der Waals surface area (Å²) < 4.78 is 13.6. The fourth-order valence-corrected chi connectivity index (χ4v) is 3.28. The fraction of sp³-hybridized carbons (Fsp3) is 0.619. The van der Waals surface area contributed by atoms with E-state index in [-0.39, 0.29) is 11.7 Å². The van der Waals surface area contributed by atoms with E-state index in [1.165, 1.54) is 6.07 Å². The van der Waals surface area contributed by atoms with Gasteiger partial charge in [0.05, 0.1) is 6.54 Å². The van der Waals surface area contributed by atoms with Crippen molar-refractivity contribution in [3.05, 3.63) is 35.1 Å². The standard InChI is InChI=1S/C21H34FN5O/c1-6-23-21(26-19-13-27(14(2)3)12-16(19)5)25-10-9-24-20(28)17-8-7-15(4)18(22)11-17/h7-8,11,14,16,19H,6,9-10,12-13H2,1-5H3,(H,24,28)(H2,23,25,26). The highest BCUT2D eigenvalue weighted by Gasteiger charge is 2.31. The number of rotatable bonds is 7. The van der Waals surface area contributed by atoms with Gasteiger partial charge in [-0.2, -0.15) is 0 Å². The lowest BCUT2D eigenvalue weighted by Crippen LogP contribution is -2.47. The highest BCUT2D eigenvalue weighted by molar-refractivity contribution is 5.94. The van der Waals surface area contributed by atoms with Crippen molar-refractivity contribution >= 4 is 11.9 Å². The van der Waals surface area contributed by atoms with E-state index in [0.717, 1.165) is 25.6 Å². The lowest BCUT2D eigenvalue weighted by Gasteiger charge is -2.22. The van der Waals surface area contributed by atoms with E-state index in [1.807, 2.05) is 6.92 Å². The summed E-state index contributed by atoms with van der Waals surface area (Å²) in [5.41, 5.74) is 0.852. The Balaban J connectivity index is 1.85. The number of nitrogens with zero attached hydrogens (tertiary/aromatic N) is 2. The van der Waals surface area contributed by atoms with E-state index >= 15 is 0 Å². The second-order valence-electron chi connectivity index (χ2n) is 7.76. The van der Waals surface area contributed by atoms with Gasteiger partial charge in [-0.3, -0.25) is 14.7 Å². The number of carbonyl (C=O) groups is 1. The second kappa shape index (κ2) is 10.4. The molecule has 1 saturated heterocycles. The molecule has 0 radical (unpaired) electrons. The molecule has 0 saturated carbocycles. The van der Waals surface area contributed by atoms with Crippen LogP contribution in [0.5, 0.6) is 0 Å². The van der Waals surface area contributed by atoms with Crippen molar-refractivity contribution < 1.29 is 9.18 Å². The highest BCUT2D eigenvalue weighted by atomic mass is 19.1. The lowest BCUT2D eigenvalue weighted by atomic mass is 10.1. The van der Waals surface area contributed by atoms with Gasteiger partial charge in [-0.05, 0) is 51.3 Å². The third-order valence-electron chi connectivity index (χ3n) is 5.14. The van der Waals surface area contributed by atoms with E-state index in [4.69, 9.17) is 0 Å². The lowest BCUT2D eigenvalue weighted by molar-refractivity contribution is 0.0954. The van der Waals surface area contributed by atoms with Crippen molar-refractivity contribution in [3.63, 3.8) is 0 Å². The third kappa shape index (κ3) is 6.19. The first-order valence-electron chi connectivity index (χ1n) is 10.1. The van der Waals surface area contributed by atoms with Gasteiger partial charge in [-0.15, -0.1) is 0 Å². The van der Waals surface area contributed by atoms with E-state index in [0.29, 0.717) is 42.2 Å². The number of carbonyl (C=O) groups excluding carboxylic acids is 1. The topological polar surface area (TPSA) is 68.8 Å². The summed E-state index contributed by atoms with van der Waals surface area (Å²) in [7, 11) is 0. The molecule has 7 heteroatoms. The Hall–Kier alpha value is -2.15. The number of benzene rings is 1. The van der Waals surface area contributed by atoms with Crippen LogP contribution in [0.4, 0.5) is 4.39 Å². The molecule has 2 unspecified atom stereocenters. The van der Waals surface area contributed by atoms with Crippen molar-refractivity contribution in [2.75, 3.05) is 32.7 Å². The average molecular weight is 392 g/mol. The molecule has 2 rings (SSSR count). The van der Waals surface area contributed by atoms with Crippen LogP contribution in [0.25, 0.3) is 0 Å². The molecule has 1 aromatic rings. The van der Waals surface area contributed by atoms with Crippen LogP contribution in [-0.4, -0.2) is 61.6 Å². The van der Waals surface area contributed by atoms with Crippen LogP contribution >= 0.6 is 0 Å². The van der Waals surface area contributed by atoms with Crippen molar-refractivity contribution in [2.24, 2.45) is 10.9 Å². The zero-order valence-electron chi connectivity index (χ0n) is 17.7. The van der Waals surface area contributed by atoms with Gasteiger partial charge in [0.25, 0.3) is 5.91 Å². The van der Waals surface area contributed by atoms with Gasteiger partial charge in [0.1, 0.15) is 5.82 Å². The smallest absolute Gasteiger partial charge is 0.251 e. The average Bonchev–Trinajstić information content (AvgIpc) is 3.02. The van der Waals surface area contributed by atoms with E-state index in [9.17, 15) is 9.18 Å². The zero-order chi connectivity index (χ0) is 20.7. The van der Waals surface area contributed by atoms with Crippen LogP contribution in [0.3, 0.4) is 0 Å². The molecule has 0 aromatic heterocycles. The molecule has 1 fully saturated rings. The molecule has 0 bridgehead atoms. The van der Waals surface area contributed by atoms with E-state index < -0.39 is 0 Å². The Labute approximate surface area is 168 Å². The number of likely N-dealkylation sites (tertiary alicyclic amines) is 1. The molecule has 1 heterocycles. The Bertz CT molecular complexity index is 691. The van der Waals surface area contributed by atoms with Crippen molar-refractivity contribution in [1.82, 2.24) is 20.9 Å². The van der Waals surface area contributed by atoms with Crippen LogP contribution in [0.2, 0.25) is 0 Å². The first-order chi connectivity index (χ1) is 13.3. The van der Waals surface area contributed by atoms with Gasteiger partial charge in [0, 0.05) is 43.8 Å². The normalized spacial score (nSPS) is 20.5. The van der Waals surface area contributed by atoms with Crippen LogP contribution in [0.1, 0.15) is 43.6 Å². The minimum absolute atomic E-state index is 0.288. The zero-order valence-corrected chi connectivity index (χ0v) is 17.7. The quantitative estimate of drug-likeness (QED) is 0.378. The summed E-state index contributed by atoms with van der Waals surface area (Å²) in [6, 6.07) is 5.39. The van der Waals surface area contributed by atoms with Crippen LogP contribution in [0, 0.1) is 18.7 Å². The van der Waals surface area contributed by atoms with Gasteiger partial charge in [-0.1, -0.05) is 13.0 Å². The third-order valence-corrected chi connectivity index (χ3v) is 5.14. The van der Waals surface area contributed by atoms with E-state index in [2.05, 4.69) is 46.6 Å². The van der Waals surface area contributed by atoms with Crippen molar-refractivity contribution in [1.29, 1.82) is 0 Å². The molecule has 1 aliphatic heterocycles. The minimum atomic E-state index is -0.370. The highest BCUT2D eigenvalue weighted by Crippen LogP contribution is 2.18. The number of aryl methyl sites for hydroxylation is 1. The summed E-state index contributed by atoms with van der Waals surface area (Å²) in [6.07, 6.45) is 0. The Kier molecular flexibility index (Phi) is 8.23. The minimum Gasteiger partial charge on any atom is -0.357 e. The number of hydrogen-bond donors (Lipinski definition) is 3. The maximum absolute atomic E-state index is 13.6. The maximum Gasteiger partial charge on any atom is 0.251 e. The molecular weight excluding hydrogens is 357 g/mol. The molecule has 1 aliphatic rings. The van der Waals surface area contributed by atoms with Gasteiger partial charge in [-0.25, -0.2) is 4.39 Å². The Morgan fingerprint density at radius 3 is 2.68 bits per heavy atom. The Morgan fingerprint density at radius 1 is 1.32 bits per heavy atom. The Morgan fingerprint density at radius 2 is 2.07 bits per heavy atom. The number of nitrogens with one attached hydrogen (secondary N) is 3. The number of hydrogen-bond acceptors (Lipinski definition) is 3. The van der Waals surface area contributed by atoms with Crippen LogP contribution < -0.4 is 16.0 Å². The molecular formula is C21H34FN5O. The second-order valence-corrected chi connectivity index (χ2v) is 7.76. The first kappa shape index (κ1) is 22.1. The molecule has 0 spiro atoms. The molecule has 1 amide bonds. The SMILES string of the molecule is CCNC(=NCCNC(=O)c1ccc(C)c(F)c1)NC1CN(C(C)C)CC1C. The largest absolute Gasteiger partial charge is 0.357 e. The molecule has 3 N–H and O–H groups in total. The molecule has 28 heavy (non-hydrogen) atoms. The maximum atomic E-state index is 13.6. The molecule has 156 valence electrons. The summed E-state index contributed by atoms with van der Waals surface area (Å²) in [5.74, 6) is 0.650. The van der Waals surface area contributed by atoms with Crippen LogP contribution in [-0.2, 0) is 0 Å². The van der Waals surface area contributed by atoms with Crippen molar-refractivity contribution in [2.45, 2.75) is 46.7 Å². The molecule has 2 atom stereocenters. The number of amides is 1. The number of aliphatic imine (C=N–C) groups is 1. The summed E-state index contributed by atoms with van der Waals surface area (Å²) in [4.78, 5) is 19.2. The predicted molar refractivity (Wildman–Crippen MR) is 112 cm³/mol. The van der Waals surface area contributed by atoms with Crippen LogP contribution in [0.15, 0.2) is 23.2 Å².